The summed E-state index contributed by atoms with van der Waals surface area (Å²) in [5, 5.41) is 31.0. The Morgan fingerprint density at radius 1 is 1.00 bits per heavy atom. The number of likely N-dealkylation sites (tertiary alicyclic amines) is 1. The van der Waals surface area contributed by atoms with Crippen LogP contribution in [0.15, 0.2) is 24.3 Å². The van der Waals surface area contributed by atoms with Gasteiger partial charge in [-0.2, -0.15) is 5.26 Å². The minimum Gasteiger partial charge on any atom is -0.490 e. The van der Waals surface area contributed by atoms with Gasteiger partial charge in [0.05, 0.1) is 23.8 Å². The maximum atomic E-state index is 13.0. The molecular formula is C33H46N6O3. The molecule has 1 aromatic heterocycles. The van der Waals surface area contributed by atoms with Gasteiger partial charge in [-0.3, -0.25) is 4.79 Å². The summed E-state index contributed by atoms with van der Waals surface area (Å²) in [5.74, 6) is 3.15. The summed E-state index contributed by atoms with van der Waals surface area (Å²) in [5.41, 5.74) is 3.01. The third-order valence-corrected chi connectivity index (χ3v) is 9.87. The van der Waals surface area contributed by atoms with E-state index in [1.165, 1.54) is 0 Å². The minimum atomic E-state index is -0.177. The Labute approximate surface area is 250 Å². The molecule has 3 heterocycles. The number of amides is 1. The van der Waals surface area contributed by atoms with Gasteiger partial charge in [-0.1, -0.05) is 13.8 Å². The van der Waals surface area contributed by atoms with E-state index < -0.39 is 0 Å². The van der Waals surface area contributed by atoms with Gasteiger partial charge in [-0.15, -0.1) is 10.2 Å². The second kappa shape index (κ2) is 13.4. The summed E-state index contributed by atoms with van der Waals surface area (Å²) in [6, 6.07) is 9.76. The second-order valence-electron chi connectivity index (χ2n) is 12.9. The molecule has 2 aliphatic heterocycles. The number of hydrogen-bond acceptors (Lipinski definition) is 8. The average molecular weight is 575 g/mol. The van der Waals surface area contributed by atoms with E-state index in [9.17, 15) is 15.2 Å². The molecule has 3 atom stereocenters. The highest BCUT2D eigenvalue weighted by molar-refractivity contribution is 5.92. The Morgan fingerprint density at radius 3 is 2.31 bits per heavy atom. The van der Waals surface area contributed by atoms with Crippen molar-refractivity contribution >= 4 is 11.7 Å². The zero-order valence-corrected chi connectivity index (χ0v) is 25.6. The van der Waals surface area contributed by atoms with Crippen LogP contribution in [0.2, 0.25) is 0 Å². The Hall–Kier alpha value is -3.22. The molecule has 3 aliphatic rings. The molecule has 1 amide bonds. The number of anilines is 1. The number of carbonyl (C=O) groups excluding carboxylic acids is 1. The van der Waals surface area contributed by atoms with E-state index in [0.29, 0.717) is 29.0 Å². The topological polar surface area (TPSA) is 115 Å². The molecule has 9 nitrogen and oxygen atoms in total. The van der Waals surface area contributed by atoms with E-state index in [1.807, 2.05) is 32.0 Å². The summed E-state index contributed by atoms with van der Waals surface area (Å²) in [6.07, 6.45) is 5.15. The average Bonchev–Trinajstić information content (AvgIpc) is 2.99. The van der Waals surface area contributed by atoms with Crippen LogP contribution in [0.25, 0.3) is 0 Å². The van der Waals surface area contributed by atoms with Gasteiger partial charge in [0, 0.05) is 38.8 Å². The molecule has 1 unspecified atom stereocenters. The summed E-state index contributed by atoms with van der Waals surface area (Å²) >= 11 is 0. The van der Waals surface area contributed by atoms with Crippen LogP contribution in [0.5, 0.6) is 5.75 Å². The van der Waals surface area contributed by atoms with E-state index in [4.69, 9.17) is 4.74 Å². The van der Waals surface area contributed by atoms with Gasteiger partial charge in [0.1, 0.15) is 5.75 Å². The van der Waals surface area contributed by atoms with E-state index in [2.05, 4.69) is 45.2 Å². The minimum absolute atomic E-state index is 0.0894. The number of carbonyl (C=O) groups is 1. The number of nitrogens with zero attached hydrogens (tertiary/aromatic N) is 5. The van der Waals surface area contributed by atoms with Gasteiger partial charge in [-0.25, -0.2) is 0 Å². The highest BCUT2D eigenvalue weighted by Crippen LogP contribution is 2.32. The number of aliphatic hydroxyl groups is 1. The van der Waals surface area contributed by atoms with Crippen LogP contribution < -0.4 is 15.0 Å². The number of piperidine rings is 2. The van der Waals surface area contributed by atoms with Crippen LogP contribution in [-0.4, -0.2) is 77.1 Å². The Morgan fingerprint density at radius 2 is 1.69 bits per heavy atom. The van der Waals surface area contributed by atoms with Crippen molar-refractivity contribution in [3.05, 3.63) is 46.6 Å². The molecule has 3 fully saturated rings. The lowest BCUT2D eigenvalue weighted by Crippen LogP contribution is -2.50. The Balaban J connectivity index is 1.08. The zero-order valence-electron chi connectivity index (χ0n) is 25.6. The molecular weight excluding hydrogens is 528 g/mol. The zero-order chi connectivity index (χ0) is 29.8. The molecule has 1 saturated carbocycles. The monoisotopic (exact) mass is 574 g/mol. The molecule has 0 spiro atoms. The fourth-order valence-corrected chi connectivity index (χ4v) is 6.97. The fourth-order valence-electron chi connectivity index (χ4n) is 6.97. The molecule has 42 heavy (non-hydrogen) atoms. The molecule has 0 bridgehead atoms. The molecule has 2 saturated heterocycles. The van der Waals surface area contributed by atoms with Crippen molar-refractivity contribution < 1.29 is 14.6 Å². The number of nitriles is 1. The van der Waals surface area contributed by atoms with Crippen LogP contribution in [0.3, 0.4) is 0 Å². The maximum Gasteiger partial charge on any atom is 0.272 e. The van der Waals surface area contributed by atoms with Crippen molar-refractivity contribution in [1.29, 1.82) is 5.26 Å². The van der Waals surface area contributed by atoms with Gasteiger partial charge in [0.15, 0.2) is 11.5 Å². The predicted molar refractivity (Wildman–Crippen MR) is 163 cm³/mol. The third-order valence-electron chi connectivity index (χ3n) is 9.87. The number of rotatable bonds is 7. The lowest BCUT2D eigenvalue weighted by Gasteiger charge is -2.44. The van der Waals surface area contributed by atoms with Crippen molar-refractivity contribution in [2.75, 3.05) is 37.6 Å². The van der Waals surface area contributed by atoms with Crippen molar-refractivity contribution in [3.8, 4) is 11.8 Å². The summed E-state index contributed by atoms with van der Waals surface area (Å²) in [7, 11) is 0. The van der Waals surface area contributed by atoms with Crippen LogP contribution in [0.1, 0.15) is 79.6 Å². The van der Waals surface area contributed by atoms with Gasteiger partial charge < -0.3 is 25.0 Å². The second-order valence-corrected chi connectivity index (χ2v) is 12.9. The van der Waals surface area contributed by atoms with Crippen LogP contribution in [0.4, 0.5) is 5.82 Å². The standard InChI is InChI=1S/C33H46N6O3/c1-21-18-39(19-22(2)29(21)20-38-15-13-27(40)14-16-38)32-12-10-30(36-37-32)33(41)35-26-6-8-28(9-7-26)42-31-11-5-25(17-34)23(3)24(31)4/h5,10-12,21-22,26-29,40H,6-9,13-16,18-20H2,1-4H3,(H,35,41)/t21-,22+,26?,28?,29?. The molecule has 0 radical (unpaired) electrons. The molecule has 1 aliphatic carbocycles. The van der Waals surface area contributed by atoms with Gasteiger partial charge in [0.2, 0.25) is 0 Å². The summed E-state index contributed by atoms with van der Waals surface area (Å²) < 4.78 is 6.28. The Bertz CT molecular complexity index is 1250. The quantitative estimate of drug-likeness (QED) is 0.505. The van der Waals surface area contributed by atoms with E-state index in [0.717, 1.165) is 93.9 Å². The lowest BCUT2D eigenvalue weighted by molar-refractivity contribution is 0.0578. The smallest absolute Gasteiger partial charge is 0.272 e. The number of nitrogens with one attached hydrogen (secondary N) is 1. The molecule has 5 rings (SSSR count). The van der Waals surface area contributed by atoms with Crippen LogP contribution in [0, 0.1) is 42.9 Å². The molecule has 2 aromatic rings. The predicted octanol–water partition coefficient (Wildman–Crippen LogP) is 4.25. The summed E-state index contributed by atoms with van der Waals surface area (Å²) in [4.78, 5) is 17.8. The van der Waals surface area contributed by atoms with Gasteiger partial charge in [0.25, 0.3) is 5.91 Å². The molecule has 226 valence electrons. The van der Waals surface area contributed by atoms with E-state index in [1.54, 1.807) is 6.07 Å². The Kier molecular flexibility index (Phi) is 9.64. The third kappa shape index (κ3) is 7.04. The first kappa shape index (κ1) is 30.2. The number of aromatic nitrogens is 2. The molecule has 9 heteroatoms. The SMILES string of the molecule is Cc1c(C#N)ccc(OC2CCC(NC(=O)c3ccc(N4C[C@@H](C)C(CN5CCC(O)CC5)[C@@H](C)C4)nn3)CC2)c1C. The van der Waals surface area contributed by atoms with Crippen molar-refractivity contribution in [2.45, 2.75) is 84.5 Å². The number of hydrogen-bond donors (Lipinski definition) is 2. The largest absolute Gasteiger partial charge is 0.490 e. The number of ether oxygens (including phenoxy) is 1. The normalized spacial score (nSPS) is 27.3. The van der Waals surface area contributed by atoms with Gasteiger partial charge in [-0.05, 0) is 106 Å². The molecule has 2 N–H and O–H groups in total. The fraction of sp³-hybridized carbons (Fsp3) is 0.636. The van der Waals surface area contributed by atoms with Gasteiger partial charge >= 0.3 is 0 Å². The van der Waals surface area contributed by atoms with Crippen LogP contribution >= 0.6 is 0 Å². The van der Waals surface area contributed by atoms with Crippen LogP contribution in [-0.2, 0) is 0 Å². The van der Waals surface area contributed by atoms with Crippen molar-refractivity contribution in [2.24, 2.45) is 17.8 Å². The highest BCUT2D eigenvalue weighted by atomic mass is 16.5. The number of aliphatic hydroxyl groups excluding tert-OH is 1. The van der Waals surface area contributed by atoms with E-state index in [-0.39, 0.29) is 24.2 Å². The first-order valence-corrected chi connectivity index (χ1v) is 15.7. The summed E-state index contributed by atoms with van der Waals surface area (Å²) in [6.45, 7) is 13.5. The maximum absolute atomic E-state index is 13.0. The first-order valence-electron chi connectivity index (χ1n) is 15.7. The van der Waals surface area contributed by atoms with E-state index >= 15 is 0 Å². The lowest BCUT2D eigenvalue weighted by atomic mass is 9.79. The van der Waals surface area contributed by atoms with Crippen molar-refractivity contribution in [3.63, 3.8) is 0 Å². The number of benzene rings is 1. The molecule has 1 aromatic carbocycles. The highest BCUT2D eigenvalue weighted by Gasteiger charge is 2.34. The van der Waals surface area contributed by atoms with Crippen molar-refractivity contribution in [1.82, 2.24) is 20.4 Å². The first-order chi connectivity index (χ1) is 20.2.